The number of amides is 1. The van der Waals surface area contributed by atoms with Gasteiger partial charge >= 0.3 is 0 Å². The number of nitrogens with one attached hydrogen (secondary N) is 2. The number of rotatable bonds is 6. The van der Waals surface area contributed by atoms with Crippen LogP contribution in [0.1, 0.15) is 35.5 Å². The van der Waals surface area contributed by atoms with Crippen molar-refractivity contribution in [3.63, 3.8) is 0 Å². The second kappa shape index (κ2) is 14.1. The molecule has 1 aromatic carbocycles. The van der Waals surface area contributed by atoms with E-state index >= 15 is 0 Å². The predicted molar refractivity (Wildman–Crippen MR) is 151 cm³/mol. The van der Waals surface area contributed by atoms with Crippen LogP contribution in [0.25, 0.3) is 22.4 Å². The van der Waals surface area contributed by atoms with E-state index in [1.54, 1.807) is 44.6 Å². The summed E-state index contributed by atoms with van der Waals surface area (Å²) in [5, 5.41) is 30.9. The number of aryl methyl sites for hydroxylation is 1. The zero-order chi connectivity index (χ0) is 29.0. The number of nitriles is 1. The summed E-state index contributed by atoms with van der Waals surface area (Å²) in [5.41, 5.74) is 5.25. The Morgan fingerprint density at radius 1 is 1.00 bits per heavy atom. The van der Waals surface area contributed by atoms with Crippen LogP contribution in [0.3, 0.4) is 0 Å². The molecule has 3 heterocycles. The van der Waals surface area contributed by atoms with Crippen LogP contribution in [-0.4, -0.2) is 52.1 Å². The van der Waals surface area contributed by atoms with E-state index in [0.29, 0.717) is 22.6 Å². The van der Waals surface area contributed by atoms with Crippen LogP contribution in [-0.2, 0) is 10.2 Å². The van der Waals surface area contributed by atoms with Gasteiger partial charge in [-0.2, -0.15) is 15.5 Å². The van der Waals surface area contributed by atoms with Crippen molar-refractivity contribution in [3.8, 4) is 28.5 Å². The lowest BCUT2D eigenvalue weighted by Gasteiger charge is -2.15. The molecule has 0 fully saturated rings. The molecule has 0 spiro atoms. The summed E-state index contributed by atoms with van der Waals surface area (Å²) in [4.78, 5) is 29.5. The smallest absolute Gasteiger partial charge is 0.255 e. The molecule has 200 valence electrons. The minimum absolute atomic E-state index is 0.284. The lowest BCUT2D eigenvalue weighted by atomic mass is 9.90. The molecular formula is C29H31N7O3. The zero-order valence-corrected chi connectivity index (χ0v) is 22.6. The Kier molecular flexibility index (Phi) is 10.9. The number of aliphatic hydroxyl groups excluding tert-OH is 1. The first-order valence-electron chi connectivity index (χ1n) is 11.8. The van der Waals surface area contributed by atoms with Crippen molar-refractivity contribution < 1.29 is 14.7 Å². The molecule has 0 saturated heterocycles. The van der Waals surface area contributed by atoms with Crippen molar-refractivity contribution in [2.45, 2.75) is 26.2 Å². The van der Waals surface area contributed by atoms with Gasteiger partial charge in [0.1, 0.15) is 12.6 Å². The summed E-state index contributed by atoms with van der Waals surface area (Å²) in [6, 6.07) is 17.0. The second-order valence-electron chi connectivity index (χ2n) is 8.66. The molecule has 0 bridgehead atoms. The van der Waals surface area contributed by atoms with E-state index in [9.17, 15) is 10.1 Å². The van der Waals surface area contributed by atoms with Gasteiger partial charge in [-0.25, -0.2) is 4.98 Å². The van der Waals surface area contributed by atoms with E-state index in [0.717, 1.165) is 35.2 Å². The average molecular weight is 526 g/mol. The fourth-order valence-corrected chi connectivity index (χ4v) is 3.55. The molecule has 0 aliphatic heterocycles. The third kappa shape index (κ3) is 7.50. The molecule has 0 unspecified atom stereocenters. The molecule has 0 radical (unpaired) electrons. The number of carbonyl (C=O) groups is 2. The van der Waals surface area contributed by atoms with E-state index in [-0.39, 0.29) is 5.91 Å². The first-order chi connectivity index (χ1) is 18.8. The molecule has 4 rings (SSSR count). The number of hydrogen-bond donors (Lipinski definition) is 3. The summed E-state index contributed by atoms with van der Waals surface area (Å²) < 4.78 is 0. The lowest BCUT2D eigenvalue weighted by Crippen LogP contribution is -2.18. The molecule has 0 aliphatic rings. The molecule has 3 aromatic heterocycles. The summed E-state index contributed by atoms with van der Waals surface area (Å²) in [5.74, 6) is 0.479. The largest absolute Gasteiger partial charge is 0.400 e. The van der Waals surface area contributed by atoms with E-state index in [4.69, 9.17) is 9.90 Å². The SMILES string of the molecule is C=O.CNc1cc(-c2cnnc(-c3cc(NC(=O)c4ccnc(C(C)(C)C#N)c4)ccc3C)c2)ccn1.CO. The molecule has 39 heavy (non-hydrogen) atoms. The zero-order valence-electron chi connectivity index (χ0n) is 22.6. The van der Waals surface area contributed by atoms with Gasteiger partial charge in [-0.15, -0.1) is 0 Å². The van der Waals surface area contributed by atoms with Crippen LogP contribution in [0.4, 0.5) is 11.5 Å². The standard InChI is InChI=1S/C27H25N7O.CH4O.CH2O/c1-17-5-6-21(33-26(35)19-8-9-30-24(12-19)27(2,3)16-28)14-22(17)23-11-20(15-32-34-23)18-7-10-31-25(13-18)29-4;2*1-2/h5-15H,1-4H3,(H,29,31)(H,33,35);2H,1H3;1H2. The summed E-state index contributed by atoms with van der Waals surface area (Å²) in [7, 11) is 2.82. The molecule has 3 N–H and O–H groups in total. The maximum absolute atomic E-state index is 13.0. The number of hydrogen-bond acceptors (Lipinski definition) is 9. The highest BCUT2D eigenvalue weighted by Gasteiger charge is 2.22. The Labute approximate surface area is 227 Å². The van der Waals surface area contributed by atoms with Crippen molar-refractivity contribution in [1.82, 2.24) is 20.2 Å². The van der Waals surface area contributed by atoms with Gasteiger partial charge in [0.2, 0.25) is 0 Å². The van der Waals surface area contributed by atoms with Crippen molar-refractivity contribution in [3.05, 3.63) is 83.9 Å². The number of benzene rings is 1. The quantitative estimate of drug-likeness (QED) is 0.332. The Balaban J connectivity index is 0.00000127. The molecule has 4 aromatic rings. The number of pyridine rings is 2. The van der Waals surface area contributed by atoms with Gasteiger partial charge in [0.05, 0.1) is 29.1 Å². The fourth-order valence-electron chi connectivity index (χ4n) is 3.55. The van der Waals surface area contributed by atoms with Crippen molar-refractivity contribution in [1.29, 1.82) is 5.26 Å². The summed E-state index contributed by atoms with van der Waals surface area (Å²) >= 11 is 0. The maximum atomic E-state index is 13.0. The first kappa shape index (κ1) is 30.2. The molecular weight excluding hydrogens is 494 g/mol. The Morgan fingerprint density at radius 2 is 1.72 bits per heavy atom. The Hall–Kier alpha value is -5.01. The molecule has 10 heteroatoms. The highest BCUT2D eigenvalue weighted by atomic mass is 16.2. The molecule has 10 nitrogen and oxygen atoms in total. The Morgan fingerprint density at radius 3 is 2.41 bits per heavy atom. The van der Waals surface area contributed by atoms with Crippen LogP contribution >= 0.6 is 0 Å². The van der Waals surface area contributed by atoms with Gasteiger partial charge in [0, 0.05) is 48.9 Å². The monoisotopic (exact) mass is 525 g/mol. The highest BCUT2D eigenvalue weighted by molar-refractivity contribution is 6.04. The number of aromatic nitrogens is 4. The van der Waals surface area contributed by atoms with E-state index in [1.807, 2.05) is 57.2 Å². The van der Waals surface area contributed by atoms with Crippen molar-refractivity contribution >= 4 is 24.2 Å². The molecule has 1 amide bonds. The lowest BCUT2D eigenvalue weighted by molar-refractivity contribution is -0.0980. The van der Waals surface area contributed by atoms with E-state index in [1.165, 1.54) is 0 Å². The van der Waals surface area contributed by atoms with Crippen molar-refractivity contribution in [2.75, 3.05) is 24.8 Å². The molecule has 0 saturated carbocycles. The normalized spacial score (nSPS) is 10.1. The fraction of sp³-hybridized carbons (Fsp3) is 0.207. The van der Waals surface area contributed by atoms with E-state index in [2.05, 4.69) is 36.9 Å². The number of carbonyl (C=O) groups excluding carboxylic acids is 2. The summed E-state index contributed by atoms with van der Waals surface area (Å²) in [6.07, 6.45) is 5.00. The van der Waals surface area contributed by atoms with Crippen LogP contribution in [0.5, 0.6) is 0 Å². The van der Waals surface area contributed by atoms with Gasteiger partial charge in [0.25, 0.3) is 5.91 Å². The number of anilines is 2. The van der Waals surface area contributed by atoms with Gasteiger partial charge in [0.15, 0.2) is 0 Å². The van der Waals surface area contributed by atoms with Gasteiger partial charge < -0.3 is 20.5 Å². The van der Waals surface area contributed by atoms with Crippen molar-refractivity contribution in [2.24, 2.45) is 0 Å². The molecule has 0 atom stereocenters. The minimum Gasteiger partial charge on any atom is -0.400 e. The Bertz CT molecular complexity index is 1470. The van der Waals surface area contributed by atoms with Gasteiger partial charge in [-0.1, -0.05) is 6.07 Å². The van der Waals surface area contributed by atoms with Crippen LogP contribution in [0, 0.1) is 18.3 Å². The average Bonchev–Trinajstić information content (AvgIpc) is 3.00. The van der Waals surface area contributed by atoms with Crippen LogP contribution in [0.2, 0.25) is 0 Å². The van der Waals surface area contributed by atoms with Crippen LogP contribution in [0.15, 0.2) is 67.1 Å². The topological polar surface area (TPSA) is 154 Å². The third-order valence-corrected chi connectivity index (χ3v) is 5.72. The minimum atomic E-state index is -0.792. The highest BCUT2D eigenvalue weighted by Crippen LogP contribution is 2.29. The predicted octanol–water partition coefficient (Wildman–Crippen LogP) is 4.43. The van der Waals surface area contributed by atoms with Gasteiger partial charge in [-0.3, -0.25) is 9.78 Å². The molecule has 0 aliphatic carbocycles. The number of aliphatic hydroxyl groups is 1. The number of nitrogens with zero attached hydrogens (tertiary/aromatic N) is 5. The second-order valence-corrected chi connectivity index (χ2v) is 8.66. The third-order valence-electron chi connectivity index (χ3n) is 5.72. The van der Waals surface area contributed by atoms with E-state index < -0.39 is 5.41 Å². The van der Waals surface area contributed by atoms with Gasteiger partial charge in [-0.05, 0) is 74.4 Å². The summed E-state index contributed by atoms with van der Waals surface area (Å²) in [6.45, 7) is 7.52. The maximum Gasteiger partial charge on any atom is 0.255 e. The van der Waals surface area contributed by atoms with Crippen LogP contribution < -0.4 is 10.6 Å². The first-order valence-corrected chi connectivity index (χ1v) is 11.8.